The first-order valence-electron chi connectivity index (χ1n) is 5.79. The number of rotatable bonds is 3. The highest BCUT2D eigenvalue weighted by atomic mass is 16.5. The molecule has 1 amide bonds. The van der Waals surface area contributed by atoms with E-state index >= 15 is 0 Å². The Balaban J connectivity index is 1.63. The van der Waals surface area contributed by atoms with Crippen LogP contribution in [0.3, 0.4) is 0 Å². The number of hydrogen-bond acceptors (Lipinski definition) is 3. The van der Waals surface area contributed by atoms with Crippen molar-refractivity contribution in [1.29, 1.82) is 0 Å². The Labute approximate surface area is 90.0 Å². The van der Waals surface area contributed by atoms with Gasteiger partial charge in [-0.05, 0) is 31.6 Å². The maximum atomic E-state index is 11.7. The molecule has 0 aromatic heterocycles. The van der Waals surface area contributed by atoms with Gasteiger partial charge in [0, 0.05) is 25.7 Å². The molecule has 0 aromatic carbocycles. The zero-order valence-corrected chi connectivity index (χ0v) is 8.95. The third-order valence-electron chi connectivity index (χ3n) is 3.37. The van der Waals surface area contributed by atoms with Crippen LogP contribution >= 0.6 is 0 Å². The lowest BCUT2D eigenvalue weighted by Crippen LogP contribution is -2.41. The summed E-state index contributed by atoms with van der Waals surface area (Å²) >= 11 is 0. The molecule has 0 unspecified atom stereocenters. The van der Waals surface area contributed by atoms with Crippen LogP contribution in [0, 0.1) is 11.8 Å². The van der Waals surface area contributed by atoms with Crippen LogP contribution in [0.1, 0.15) is 25.7 Å². The second-order valence-corrected chi connectivity index (χ2v) is 4.62. The van der Waals surface area contributed by atoms with Crippen LogP contribution in [0.4, 0.5) is 0 Å². The molecule has 0 atom stereocenters. The molecule has 1 heterocycles. The molecule has 2 N–H and O–H groups in total. The maximum absolute atomic E-state index is 11.7. The molecule has 0 radical (unpaired) electrons. The van der Waals surface area contributed by atoms with Crippen LogP contribution in [0.5, 0.6) is 0 Å². The molecule has 0 bridgehead atoms. The van der Waals surface area contributed by atoms with Gasteiger partial charge in [-0.25, -0.2) is 0 Å². The Morgan fingerprint density at radius 1 is 1.33 bits per heavy atom. The summed E-state index contributed by atoms with van der Waals surface area (Å²) < 4.78 is 5.21. The molecule has 86 valence electrons. The van der Waals surface area contributed by atoms with E-state index in [4.69, 9.17) is 9.84 Å². The number of hydrogen-bond donors (Lipinski definition) is 2. The third kappa shape index (κ3) is 2.92. The molecule has 4 nitrogen and oxygen atoms in total. The van der Waals surface area contributed by atoms with Crippen LogP contribution in [0.15, 0.2) is 0 Å². The van der Waals surface area contributed by atoms with E-state index in [1.54, 1.807) is 0 Å². The summed E-state index contributed by atoms with van der Waals surface area (Å²) in [5.41, 5.74) is 0. The number of amides is 1. The van der Waals surface area contributed by atoms with Gasteiger partial charge in [-0.3, -0.25) is 4.79 Å². The van der Waals surface area contributed by atoms with E-state index in [-0.39, 0.29) is 17.9 Å². The first-order chi connectivity index (χ1) is 7.25. The van der Waals surface area contributed by atoms with E-state index in [2.05, 4.69) is 5.32 Å². The largest absolute Gasteiger partial charge is 0.393 e. The Kier molecular flexibility index (Phi) is 3.59. The minimum absolute atomic E-state index is 0.130. The van der Waals surface area contributed by atoms with Gasteiger partial charge in [0.1, 0.15) is 0 Å². The standard InChI is InChI=1S/C11H19NO3/c13-10-5-8(6-10)7-12-11(14)9-1-3-15-4-2-9/h8-10,13H,1-7H2,(H,12,14). The summed E-state index contributed by atoms with van der Waals surface area (Å²) in [7, 11) is 0. The summed E-state index contributed by atoms with van der Waals surface area (Å²) in [4.78, 5) is 11.7. The summed E-state index contributed by atoms with van der Waals surface area (Å²) in [5, 5.41) is 12.1. The Morgan fingerprint density at radius 3 is 2.60 bits per heavy atom. The number of aliphatic hydroxyl groups is 1. The molecule has 1 aliphatic heterocycles. The fourth-order valence-electron chi connectivity index (χ4n) is 2.22. The highest BCUT2D eigenvalue weighted by molar-refractivity contribution is 5.78. The van der Waals surface area contributed by atoms with Gasteiger partial charge in [-0.15, -0.1) is 0 Å². The monoisotopic (exact) mass is 213 g/mol. The molecule has 1 saturated heterocycles. The lowest BCUT2D eigenvalue weighted by atomic mass is 9.82. The smallest absolute Gasteiger partial charge is 0.223 e. The Hall–Kier alpha value is -0.610. The van der Waals surface area contributed by atoms with Crippen molar-refractivity contribution in [3.05, 3.63) is 0 Å². The number of ether oxygens (including phenoxy) is 1. The number of nitrogens with one attached hydrogen (secondary N) is 1. The molecule has 1 aliphatic carbocycles. The average Bonchev–Trinajstić information content (AvgIpc) is 2.23. The van der Waals surface area contributed by atoms with Crippen molar-refractivity contribution < 1.29 is 14.6 Å². The van der Waals surface area contributed by atoms with Gasteiger partial charge in [0.25, 0.3) is 0 Å². The van der Waals surface area contributed by atoms with E-state index in [1.807, 2.05) is 0 Å². The lowest BCUT2D eigenvalue weighted by Gasteiger charge is -2.32. The molecule has 0 aromatic rings. The topological polar surface area (TPSA) is 58.6 Å². The molecular weight excluding hydrogens is 194 g/mol. The minimum Gasteiger partial charge on any atom is -0.393 e. The van der Waals surface area contributed by atoms with E-state index in [9.17, 15) is 4.79 Å². The predicted octanol–water partition coefficient (Wildman–Crippen LogP) is 0.300. The van der Waals surface area contributed by atoms with E-state index in [0.717, 1.165) is 32.2 Å². The Morgan fingerprint density at radius 2 is 2.00 bits per heavy atom. The zero-order chi connectivity index (χ0) is 10.7. The van der Waals surface area contributed by atoms with Gasteiger partial charge < -0.3 is 15.2 Å². The molecule has 4 heteroatoms. The molecule has 1 saturated carbocycles. The van der Waals surface area contributed by atoms with Crippen LogP contribution in [0.25, 0.3) is 0 Å². The van der Waals surface area contributed by atoms with Gasteiger partial charge in [0.2, 0.25) is 5.91 Å². The summed E-state index contributed by atoms with van der Waals surface area (Å²) in [6, 6.07) is 0. The zero-order valence-electron chi connectivity index (χ0n) is 8.95. The first kappa shape index (κ1) is 10.9. The number of carbonyl (C=O) groups is 1. The van der Waals surface area contributed by atoms with Crippen molar-refractivity contribution in [2.24, 2.45) is 11.8 Å². The average molecular weight is 213 g/mol. The van der Waals surface area contributed by atoms with Gasteiger partial charge in [-0.1, -0.05) is 0 Å². The van der Waals surface area contributed by atoms with E-state index < -0.39 is 0 Å². The SMILES string of the molecule is O=C(NCC1CC(O)C1)C1CCOCC1. The van der Waals surface area contributed by atoms with Crippen molar-refractivity contribution in [2.45, 2.75) is 31.8 Å². The maximum Gasteiger partial charge on any atom is 0.223 e. The van der Waals surface area contributed by atoms with Crippen molar-refractivity contribution in [1.82, 2.24) is 5.32 Å². The highest BCUT2D eigenvalue weighted by Crippen LogP contribution is 2.26. The second kappa shape index (κ2) is 4.94. The normalized spacial score (nSPS) is 32.1. The van der Waals surface area contributed by atoms with Crippen molar-refractivity contribution in [3.63, 3.8) is 0 Å². The van der Waals surface area contributed by atoms with Crippen LogP contribution in [-0.2, 0) is 9.53 Å². The van der Waals surface area contributed by atoms with Gasteiger partial charge in [0.15, 0.2) is 0 Å². The summed E-state index contributed by atoms with van der Waals surface area (Å²) in [6.07, 6.45) is 3.25. The first-order valence-corrected chi connectivity index (χ1v) is 5.79. The second-order valence-electron chi connectivity index (χ2n) is 4.62. The quantitative estimate of drug-likeness (QED) is 0.709. The van der Waals surface area contributed by atoms with Crippen molar-refractivity contribution in [2.75, 3.05) is 19.8 Å². The van der Waals surface area contributed by atoms with E-state index in [0.29, 0.717) is 19.1 Å². The summed E-state index contributed by atoms with van der Waals surface area (Å²) in [5.74, 6) is 0.798. The van der Waals surface area contributed by atoms with Crippen LogP contribution < -0.4 is 5.32 Å². The van der Waals surface area contributed by atoms with Crippen molar-refractivity contribution in [3.8, 4) is 0 Å². The molecule has 2 fully saturated rings. The van der Waals surface area contributed by atoms with E-state index in [1.165, 1.54) is 0 Å². The van der Waals surface area contributed by atoms with Crippen LogP contribution in [-0.4, -0.2) is 36.9 Å². The predicted molar refractivity (Wildman–Crippen MR) is 55.3 cm³/mol. The molecule has 2 rings (SSSR count). The minimum atomic E-state index is -0.130. The lowest BCUT2D eigenvalue weighted by molar-refractivity contribution is -0.128. The fraction of sp³-hybridized carbons (Fsp3) is 0.909. The molecule has 15 heavy (non-hydrogen) atoms. The summed E-state index contributed by atoms with van der Waals surface area (Å²) in [6.45, 7) is 2.15. The van der Waals surface area contributed by atoms with Crippen molar-refractivity contribution >= 4 is 5.91 Å². The molecule has 2 aliphatic rings. The van der Waals surface area contributed by atoms with Gasteiger partial charge in [0.05, 0.1) is 6.10 Å². The highest BCUT2D eigenvalue weighted by Gasteiger charge is 2.28. The Bertz CT molecular complexity index is 220. The van der Waals surface area contributed by atoms with Gasteiger partial charge >= 0.3 is 0 Å². The fourth-order valence-corrected chi connectivity index (χ4v) is 2.22. The molecule has 0 spiro atoms. The molecular formula is C11H19NO3. The van der Waals surface area contributed by atoms with Gasteiger partial charge in [-0.2, -0.15) is 0 Å². The van der Waals surface area contributed by atoms with Crippen LogP contribution in [0.2, 0.25) is 0 Å². The number of aliphatic hydroxyl groups excluding tert-OH is 1. The number of carbonyl (C=O) groups excluding carboxylic acids is 1. The third-order valence-corrected chi connectivity index (χ3v) is 3.37.